The number of ketones is 1. The molecule has 4 saturated carbocycles. The Bertz CT molecular complexity index is 989. The molecule has 0 saturated heterocycles. The first-order chi connectivity index (χ1) is 17.7. The predicted molar refractivity (Wildman–Crippen MR) is 143 cm³/mol. The number of hydrogen-bond acceptors (Lipinski definition) is 4. The number of ether oxygens (including phenoxy) is 1. The van der Waals surface area contributed by atoms with Crippen LogP contribution in [-0.4, -0.2) is 34.7 Å². The number of carboxylic acid groups (broad SMARTS) is 1. The molecule has 0 amide bonds. The van der Waals surface area contributed by atoms with Gasteiger partial charge in [0.15, 0.2) is 0 Å². The van der Waals surface area contributed by atoms with Crippen molar-refractivity contribution < 1.29 is 24.5 Å². The number of aliphatic carboxylic acids is 1. The quantitative estimate of drug-likeness (QED) is 0.373. The smallest absolute Gasteiger partial charge is 0.303 e. The summed E-state index contributed by atoms with van der Waals surface area (Å²) in [7, 11) is 0. The summed E-state index contributed by atoms with van der Waals surface area (Å²) in [6.45, 7) is 5.29. The van der Waals surface area contributed by atoms with Crippen LogP contribution in [0.25, 0.3) is 0 Å². The maximum atomic E-state index is 12.5. The minimum absolute atomic E-state index is 0.0590. The van der Waals surface area contributed by atoms with E-state index in [2.05, 4.69) is 26.0 Å². The summed E-state index contributed by atoms with van der Waals surface area (Å²) >= 11 is 0. The Morgan fingerprint density at radius 3 is 2.65 bits per heavy atom. The van der Waals surface area contributed by atoms with Crippen LogP contribution in [0.3, 0.4) is 0 Å². The van der Waals surface area contributed by atoms with Gasteiger partial charge in [-0.25, -0.2) is 0 Å². The maximum absolute atomic E-state index is 12.5. The van der Waals surface area contributed by atoms with Gasteiger partial charge in [0.25, 0.3) is 0 Å². The van der Waals surface area contributed by atoms with Crippen molar-refractivity contribution in [3.8, 4) is 5.75 Å². The van der Waals surface area contributed by atoms with Gasteiger partial charge in [-0.1, -0.05) is 32.0 Å². The molecule has 0 aromatic heterocycles. The van der Waals surface area contributed by atoms with E-state index in [1.165, 1.54) is 18.4 Å². The van der Waals surface area contributed by atoms with Crippen molar-refractivity contribution in [3.63, 3.8) is 0 Å². The lowest BCUT2D eigenvalue weighted by Gasteiger charge is -2.62. The zero-order chi connectivity index (χ0) is 26.2. The number of rotatable bonds is 9. The van der Waals surface area contributed by atoms with Crippen LogP contribution in [0.1, 0.15) is 96.5 Å². The molecule has 2 N–H and O–H groups in total. The van der Waals surface area contributed by atoms with E-state index in [9.17, 15) is 14.7 Å². The van der Waals surface area contributed by atoms with Crippen molar-refractivity contribution in [2.75, 3.05) is 6.61 Å². The number of aliphatic hydroxyl groups is 1. The highest BCUT2D eigenvalue weighted by atomic mass is 16.5. The van der Waals surface area contributed by atoms with Crippen LogP contribution >= 0.6 is 0 Å². The van der Waals surface area contributed by atoms with Crippen molar-refractivity contribution in [3.05, 3.63) is 29.8 Å². The second kappa shape index (κ2) is 10.7. The second-order valence-corrected chi connectivity index (χ2v) is 13.2. The Morgan fingerprint density at radius 1 is 1.05 bits per heavy atom. The molecule has 204 valence electrons. The summed E-state index contributed by atoms with van der Waals surface area (Å²) in [5.41, 5.74) is 1.54. The van der Waals surface area contributed by atoms with E-state index >= 15 is 0 Å². The first-order valence-electron chi connectivity index (χ1n) is 14.8. The van der Waals surface area contributed by atoms with Crippen LogP contribution in [-0.2, 0) is 16.0 Å². The number of hydrogen-bond donors (Lipinski definition) is 2. The summed E-state index contributed by atoms with van der Waals surface area (Å²) in [4.78, 5) is 23.3. The first-order valence-corrected chi connectivity index (χ1v) is 14.8. The third-order valence-electron chi connectivity index (χ3n) is 11.4. The molecule has 5 heteroatoms. The largest absolute Gasteiger partial charge is 0.493 e. The van der Waals surface area contributed by atoms with E-state index in [1.807, 2.05) is 12.1 Å². The second-order valence-electron chi connectivity index (χ2n) is 13.2. The van der Waals surface area contributed by atoms with Gasteiger partial charge in [0.2, 0.25) is 0 Å². The molecule has 0 aliphatic heterocycles. The van der Waals surface area contributed by atoms with Gasteiger partial charge < -0.3 is 14.9 Å². The Labute approximate surface area is 222 Å². The van der Waals surface area contributed by atoms with E-state index in [-0.39, 0.29) is 23.4 Å². The normalized spacial score (nSPS) is 38.9. The van der Waals surface area contributed by atoms with E-state index in [0.717, 1.165) is 63.5 Å². The molecular weight excluding hydrogens is 464 g/mol. The lowest BCUT2D eigenvalue weighted by atomic mass is 9.42. The number of aryl methyl sites for hydroxylation is 1. The zero-order valence-corrected chi connectivity index (χ0v) is 22.8. The van der Waals surface area contributed by atoms with Gasteiger partial charge in [-0.15, -0.1) is 0 Å². The lowest BCUT2D eigenvalue weighted by Crippen LogP contribution is -2.57. The lowest BCUT2D eigenvalue weighted by molar-refractivity contribution is -0.156. The Morgan fingerprint density at radius 2 is 1.84 bits per heavy atom. The average Bonchev–Trinajstić information content (AvgIpc) is 3.17. The molecule has 4 aliphatic carbocycles. The molecule has 4 fully saturated rings. The van der Waals surface area contributed by atoms with Crippen LogP contribution in [0.15, 0.2) is 24.3 Å². The SMILES string of the molecule is C[C@]12CCC(=O)C[C@@H]1C[C@@H](CCCc1ccccc1OCCCC(=O)O)[C@@H]1[C@@H]2CC[C@]2(C)[C@@H](O)CC[C@@H]12. The van der Waals surface area contributed by atoms with Crippen LogP contribution in [0, 0.1) is 40.4 Å². The van der Waals surface area contributed by atoms with Crippen molar-refractivity contribution >= 4 is 11.8 Å². The number of carbonyl (C=O) groups excluding carboxylic acids is 1. The van der Waals surface area contributed by atoms with Crippen LogP contribution < -0.4 is 4.74 Å². The fraction of sp³-hybridized carbons (Fsp3) is 0.750. The number of benzene rings is 1. The number of para-hydroxylation sites is 1. The van der Waals surface area contributed by atoms with Gasteiger partial charge in [-0.05, 0) is 116 Å². The first kappa shape index (κ1) is 26.7. The summed E-state index contributed by atoms with van der Waals surface area (Å²) < 4.78 is 5.96. The number of fused-ring (bicyclic) bond motifs is 5. The molecule has 5 nitrogen and oxygen atoms in total. The highest BCUT2D eigenvalue weighted by molar-refractivity contribution is 5.79. The molecule has 5 rings (SSSR count). The van der Waals surface area contributed by atoms with E-state index in [4.69, 9.17) is 9.84 Å². The summed E-state index contributed by atoms with van der Waals surface area (Å²) in [5.74, 6) is 3.63. The fourth-order valence-corrected chi connectivity index (χ4v) is 9.30. The number of Topliss-reactive ketones (excluding diaryl/α,β-unsaturated/α-hetero) is 1. The van der Waals surface area contributed by atoms with Gasteiger partial charge in [0.05, 0.1) is 12.7 Å². The molecule has 1 aromatic rings. The topological polar surface area (TPSA) is 83.8 Å². The molecule has 4 aliphatic rings. The molecule has 0 unspecified atom stereocenters. The van der Waals surface area contributed by atoms with Crippen LogP contribution in [0.5, 0.6) is 5.75 Å². The molecule has 0 bridgehead atoms. The molecule has 37 heavy (non-hydrogen) atoms. The average molecular weight is 511 g/mol. The van der Waals surface area contributed by atoms with Gasteiger partial charge in [0, 0.05) is 19.3 Å². The van der Waals surface area contributed by atoms with Gasteiger partial charge in [-0.2, -0.15) is 0 Å². The van der Waals surface area contributed by atoms with Crippen LogP contribution in [0.4, 0.5) is 0 Å². The molecular formula is C32H46O5. The van der Waals surface area contributed by atoms with Gasteiger partial charge in [-0.3, -0.25) is 9.59 Å². The van der Waals surface area contributed by atoms with Crippen molar-refractivity contribution in [1.29, 1.82) is 0 Å². The summed E-state index contributed by atoms with van der Waals surface area (Å²) in [6.07, 6.45) is 11.9. The summed E-state index contributed by atoms with van der Waals surface area (Å²) in [5, 5.41) is 19.9. The third-order valence-corrected chi connectivity index (χ3v) is 11.4. The molecule has 0 heterocycles. The fourth-order valence-electron chi connectivity index (χ4n) is 9.30. The van der Waals surface area contributed by atoms with Gasteiger partial charge in [0.1, 0.15) is 11.5 Å². The van der Waals surface area contributed by atoms with E-state index in [0.29, 0.717) is 48.4 Å². The zero-order valence-electron chi connectivity index (χ0n) is 22.8. The monoisotopic (exact) mass is 510 g/mol. The number of carbonyl (C=O) groups is 2. The van der Waals surface area contributed by atoms with Crippen molar-refractivity contribution in [2.24, 2.45) is 40.4 Å². The Balaban J connectivity index is 1.30. The van der Waals surface area contributed by atoms with Crippen molar-refractivity contribution in [2.45, 2.75) is 103 Å². The minimum atomic E-state index is -0.785. The molecule has 0 spiro atoms. The number of carboxylic acids is 1. The van der Waals surface area contributed by atoms with E-state index < -0.39 is 5.97 Å². The Hall–Kier alpha value is -1.88. The third kappa shape index (κ3) is 5.10. The molecule has 0 radical (unpaired) electrons. The van der Waals surface area contributed by atoms with Crippen molar-refractivity contribution in [1.82, 2.24) is 0 Å². The van der Waals surface area contributed by atoms with Gasteiger partial charge >= 0.3 is 5.97 Å². The highest BCUT2D eigenvalue weighted by Crippen LogP contribution is 2.67. The van der Waals surface area contributed by atoms with Crippen LogP contribution in [0.2, 0.25) is 0 Å². The van der Waals surface area contributed by atoms with E-state index in [1.54, 1.807) is 0 Å². The standard InChI is InChI=1S/C32H46O5/c1-31-16-14-24(33)20-23(31)19-22(30-25-12-13-28(34)32(25,2)17-15-26(30)31)9-5-8-21-7-3-4-10-27(21)37-18-6-11-29(35)36/h3-4,7,10,22-23,25-26,28,30,34H,5-6,8-9,11-20H2,1-2H3,(H,35,36)/t22-,23+,25+,26+,28+,30+,31+,32+/m1/s1. The minimum Gasteiger partial charge on any atom is -0.493 e. The summed E-state index contributed by atoms with van der Waals surface area (Å²) in [6, 6.07) is 8.18. The predicted octanol–water partition coefficient (Wildman–Crippen LogP) is 6.45. The molecule has 8 atom stereocenters. The maximum Gasteiger partial charge on any atom is 0.303 e. The molecule has 1 aromatic carbocycles. The highest BCUT2D eigenvalue weighted by Gasteiger charge is 2.62. The number of aliphatic hydroxyl groups excluding tert-OH is 1. The Kier molecular flexibility index (Phi) is 7.73.